The zero-order valence-electron chi connectivity index (χ0n) is 19.8. The summed E-state index contributed by atoms with van der Waals surface area (Å²) in [6, 6.07) is 30.4. The lowest BCUT2D eigenvalue weighted by atomic mass is 10.1. The maximum Gasteiger partial charge on any atom is 0.342 e. The van der Waals surface area contributed by atoms with Crippen LogP contribution in [-0.4, -0.2) is 25.8 Å². The van der Waals surface area contributed by atoms with Crippen LogP contribution in [0.4, 0.5) is 0 Å². The highest BCUT2D eigenvalue weighted by molar-refractivity contribution is 8.03. The maximum atomic E-state index is 12.2. The molecule has 0 bridgehead atoms. The van der Waals surface area contributed by atoms with Crippen molar-refractivity contribution in [2.45, 2.75) is 19.1 Å². The van der Waals surface area contributed by atoms with Crippen molar-refractivity contribution in [1.29, 1.82) is 0 Å². The number of carbonyl (C=O) groups is 1. The number of aliphatic carboxylic acids is 1. The molecule has 5 aromatic rings. The molecule has 0 saturated heterocycles. The van der Waals surface area contributed by atoms with E-state index in [0.29, 0.717) is 5.89 Å². The zero-order chi connectivity index (χ0) is 25.1. The minimum absolute atomic E-state index is 0.0801. The van der Waals surface area contributed by atoms with E-state index in [4.69, 9.17) is 4.42 Å². The number of hydrogen-bond donors (Lipinski definition) is 1. The summed E-state index contributed by atoms with van der Waals surface area (Å²) in [5, 5.41) is 18.0. The lowest BCUT2D eigenvalue weighted by Crippen LogP contribution is -2.01. The van der Waals surface area contributed by atoms with Crippen LogP contribution in [0.5, 0.6) is 0 Å². The smallest absolute Gasteiger partial charge is 0.342 e. The number of rotatable bonds is 7. The molecule has 7 heteroatoms. The van der Waals surface area contributed by atoms with E-state index in [1.807, 2.05) is 54.6 Å². The molecule has 3 aromatic carbocycles. The van der Waals surface area contributed by atoms with Gasteiger partial charge in [0.25, 0.3) is 5.22 Å². The first kappa shape index (κ1) is 23.4. The van der Waals surface area contributed by atoms with Gasteiger partial charge >= 0.3 is 5.97 Å². The molecule has 5 rings (SSSR count). The molecule has 0 aliphatic carbocycles. The Labute approximate surface area is 212 Å². The number of benzene rings is 3. The van der Waals surface area contributed by atoms with Crippen molar-refractivity contribution in [3.05, 3.63) is 113 Å². The van der Waals surface area contributed by atoms with Gasteiger partial charge in [0, 0.05) is 18.2 Å². The molecule has 0 spiro atoms. The maximum absolute atomic E-state index is 12.2. The predicted molar refractivity (Wildman–Crippen MR) is 142 cm³/mol. The number of thioether (sulfide) groups is 1. The minimum Gasteiger partial charge on any atom is -0.477 e. The number of nitrogens with zero attached hydrogens (tertiary/aromatic N) is 3. The van der Waals surface area contributed by atoms with Crippen molar-refractivity contribution < 1.29 is 14.3 Å². The summed E-state index contributed by atoms with van der Waals surface area (Å²) in [5.74, 6) is -0.691. The summed E-state index contributed by atoms with van der Waals surface area (Å²) in [7, 11) is 0. The van der Waals surface area contributed by atoms with Crippen molar-refractivity contribution in [3.8, 4) is 28.2 Å². The Bertz CT molecular complexity index is 1540. The van der Waals surface area contributed by atoms with E-state index in [0.717, 1.165) is 51.1 Å². The fourth-order valence-electron chi connectivity index (χ4n) is 4.00. The van der Waals surface area contributed by atoms with Gasteiger partial charge in [-0.15, -0.1) is 10.2 Å². The molecule has 0 unspecified atom stereocenters. The summed E-state index contributed by atoms with van der Waals surface area (Å²) in [4.78, 5) is 12.3. The van der Waals surface area contributed by atoms with E-state index in [9.17, 15) is 9.90 Å². The molecule has 0 atom stereocenters. The summed E-state index contributed by atoms with van der Waals surface area (Å²) in [6.07, 6.45) is 1.67. The third-order valence-corrected chi connectivity index (χ3v) is 6.49. The lowest BCUT2D eigenvalue weighted by molar-refractivity contribution is -0.131. The van der Waals surface area contributed by atoms with Crippen molar-refractivity contribution in [2.24, 2.45) is 0 Å². The van der Waals surface area contributed by atoms with Crippen LogP contribution in [0.2, 0.25) is 0 Å². The Morgan fingerprint density at radius 2 is 1.53 bits per heavy atom. The van der Waals surface area contributed by atoms with Crippen LogP contribution in [0, 0.1) is 13.8 Å². The summed E-state index contributed by atoms with van der Waals surface area (Å²) < 4.78 is 7.60. The van der Waals surface area contributed by atoms with E-state index in [-0.39, 0.29) is 10.1 Å². The molecule has 0 saturated carbocycles. The first-order valence-corrected chi connectivity index (χ1v) is 12.2. The molecular formula is C29H23N3O3S. The van der Waals surface area contributed by atoms with Crippen molar-refractivity contribution in [3.63, 3.8) is 0 Å². The van der Waals surface area contributed by atoms with Crippen molar-refractivity contribution in [1.82, 2.24) is 14.8 Å². The van der Waals surface area contributed by atoms with Crippen LogP contribution in [0.3, 0.4) is 0 Å². The minimum atomic E-state index is -1.07. The number of aryl methyl sites for hydroxylation is 2. The highest BCUT2D eigenvalue weighted by Crippen LogP contribution is 2.38. The SMILES string of the molecule is Cc1ccc(-n2c(-c3ccccc3)cc(/C=C(\Sc3nnc(C)o3)C(=O)O)c2-c2ccccc2)cc1. The van der Waals surface area contributed by atoms with Crippen LogP contribution < -0.4 is 0 Å². The lowest BCUT2D eigenvalue weighted by Gasteiger charge is -2.15. The number of aromatic nitrogens is 3. The highest BCUT2D eigenvalue weighted by Gasteiger charge is 2.21. The van der Waals surface area contributed by atoms with Gasteiger partial charge in [0.05, 0.1) is 11.4 Å². The summed E-state index contributed by atoms with van der Waals surface area (Å²) in [6.45, 7) is 3.72. The molecule has 2 heterocycles. The Hall–Kier alpha value is -4.36. The Morgan fingerprint density at radius 3 is 2.11 bits per heavy atom. The predicted octanol–water partition coefficient (Wildman–Crippen LogP) is 7.03. The molecular weight excluding hydrogens is 470 g/mol. The van der Waals surface area contributed by atoms with E-state index < -0.39 is 5.97 Å². The normalized spacial score (nSPS) is 11.6. The molecule has 2 aromatic heterocycles. The quantitative estimate of drug-likeness (QED) is 0.194. The Morgan fingerprint density at radius 1 is 0.889 bits per heavy atom. The largest absolute Gasteiger partial charge is 0.477 e. The van der Waals surface area contributed by atoms with E-state index >= 15 is 0 Å². The summed E-state index contributed by atoms with van der Waals surface area (Å²) >= 11 is 0.937. The molecule has 6 nitrogen and oxygen atoms in total. The fourth-order valence-corrected chi connectivity index (χ4v) is 4.71. The number of hydrogen-bond acceptors (Lipinski definition) is 5. The molecule has 36 heavy (non-hydrogen) atoms. The van der Waals surface area contributed by atoms with Crippen LogP contribution in [0.15, 0.2) is 106 Å². The van der Waals surface area contributed by atoms with Gasteiger partial charge in [0.1, 0.15) is 4.91 Å². The second-order valence-electron chi connectivity index (χ2n) is 8.24. The van der Waals surface area contributed by atoms with Crippen LogP contribution in [0.1, 0.15) is 17.0 Å². The Kier molecular flexibility index (Phi) is 6.56. The van der Waals surface area contributed by atoms with Gasteiger partial charge in [-0.05, 0) is 54.1 Å². The van der Waals surface area contributed by atoms with Gasteiger partial charge in [-0.3, -0.25) is 0 Å². The molecule has 0 radical (unpaired) electrons. The van der Waals surface area contributed by atoms with Gasteiger partial charge in [0.15, 0.2) is 0 Å². The zero-order valence-corrected chi connectivity index (χ0v) is 20.6. The third-order valence-electron chi connectivity index (χ3n) is 5.64. The Balaban J connectivity index is 1.78. The first-order valence-electron chi connectivity index (χ1n) is 11.4. The van der Waals surface area contributed by atoms with E-state index in [1.54, 1.807) is 13.0 Å². The molecule has 0 aliphatic heterocycles. The van der Waals surface area contributed by atoms with Crippen LogP contribution in [0.25, 0.3) is 34.3 Å². The average Bonchev–Trinajstić information content (AvgIpc) is 3.48. The van der Waals surface area contributed by atoms with Gasteiger partial charge in [0.2, 0.25) is 5.89 Å². The fraction of sp³-hybridized carbons (Fsp3) is 0.0690. The topological polar surface area (TPSA) is 81.2 Å². The molecule has 0 aliphatic rings. The molecule has 178 valence electrons. The molecule has 0 amide bonds. The van der Waals surface area contributed by atoms with Crippen molar-refractivity contribution >= 4 is 23.8 Å². The standard InChI is InChI=1S/C29H23N3O3S/c1-19-13-15-24(16-14-19)32-25(21-9-5-3-6-10-21)17-23(27(32)22-11-7-4-8-12-22)18-26(28(33)34)36-29-31-30-20(2)35-29/h3-18H,1-2H3,(H,33,34)/b26-18-. The first-order chi connectivity index (χ1) is 17.5. The summed E-state index contributed by atoms with van der Waals surface area (Å²) in [5.41, 5.74) is 6.74. The van der Waals surface area contributed by atoms with Crippen LogP contribution >= 0.6 is 11.8 Å². The van der Waals surface area contributed by atoms with Gasteiger partial charge < -0.3 is 14.1 Å². The van der Waals surface area contributed by atoms with Gasteiger partial charge in [-0.2, -0.15) is 0 Å². The van der Waals surface area contributed by atoms with E-state index in [2.05, 4.69) is 58.1 Å². The molecule has 0 fully saturated rings. The third kappa shape index (κ3) is 4.87. The average molecular weight is 494 g/mol. The van der Waals surface area contributed by atoms with Crippen molar-refractivity contribution in [2.75, 3.05) is 0 Å². The monoisotopic (exact) mass is 493 g/mol. The van der Waals surface area contributed by atoms with E-state index in [1.165, 1.54) is 0 Å². The second kappa shape index (κ2) is 10.1. The second-order valence-corrected chi connectivity index (χ2v) is 9.23. The molecule has 1 N–H and O–H groups in total. The van der Waals surface area contributed by atoms with Gasteiger partial charge in [-0.1, -0.05) is 78.4 Å². The van der Waals surface area contributed by atoms with Crippen LogP contribution in [-0.2, 0) is 4.79 Å². The van der Waals surface area contributed by atoms with Gasteiger partial charge in [-0.25, -0.2) is 4.79 Å². The highest BCUT2D eigenvalue weighted by atomic mass is 32.2. The number of carboxylic acids is 1. The number of carboxylic acid groups (broad SMARTS) is 1.